The molecular weight excluding hydrogens is 388 g/mol. The van der Waals surface area contributed by atoms with Gasteiger partial charge in [0.25, 0.3) is 0 Å². The van der Waals surface area contributed by atoms with Gasteiger partial charge in [0.1, 0.15) is 0 Å². The molecule has 1 aliphatic rings. The molecule has 144 valence electrons. The number of hydrogen-bond donors (Lipinski definition) is 1. The largest absolute Gasteiger partial charge is 0.352 e. The van der Waals surface area contributed by atoms with E-state index in [-0.39, 0.29) is 12.1 Å². The lowest BCUT2D eigenvalue weighted by Crippen LogP contribution is -2.31. The molecule has 2 atom stereocenters. The van der Waals surface area contributed by atoms with Crippen molar-refractivity contribution in [2.45, 2.75) is 31.8 Å². The van der Waals surface area contributed by atoms with Crippen molar-refractivity contribution < 1.29 is 0 Å². The molecule has 1 saturated heterocycles. The van der Waals surface area contributed by atoms with E-state index in [1.807, 2.05) is 36.5 Å². The summed E-state index contributed by atoms with van der Waals surface area (Å²) >= 11 is 12.0. The molecule has 0 saturated carbocycles. The van der Waals surface area contributed by atoms with Crippen molar-refractivity contribution in [1.29, 1.82) is 0 Å². The van der Waals surface area contributed by atoms with Gasteiger partial charge in [0.15, 0.2) is 5.11 Å². The Bertz CT molecular complexity index is 956. The fourth-order valence-corrected chi connectivity index (χ4v) is 4.31. The molecule has 4 rings (SSSR count). The van der Waals surface area contributed by atoms with Gasteiger partial charge in [-0.15, -0.1) is 0 Å². The third-order valence-electron chi connectivity index (χ3n) is 5.12. The molecule has 0 aliphatic carbocycles. The van der Waals surface area contributed by atoms with Crippen LogP contribution in [0.25, 0.3) is 5.69 Å². The van der Waals surface area contributed by atoms with Crippen molar-refractivity contribution in [2.75, 3.05) is 6.54 Å². The first-order valence-electron chi connectivity index (χ1n) is 9.60. The highest BCUT2D eigenvalue weighted by atomic mass is 35.5. The van der Waals surface area contributed by atoms with Gasteiger partial charge in [-0.25, -0.2) is 0 Å². The second-order valence-corrected chi connectivity index (χ2v) is 7.78. The van der Waals surface area contributed by atoms with Crippen LogP contribution in [0.3, 0.4) is 0 Å². The van der Waals surface area contributed by atoms with Crippen LogP contribution in [-0.4, -0.2) is 26.1 Å². The summed E-state index contributed by atoms with van der Waals surface area (Å²) in [6, 6.07) is 18.2. The van der Waals surface area contributed by atoms with Crippen LogP contribution in [0.1, 0.15) is 43.2 Å². The summed E-state index contributed by atoms with van der Waals surface area (Å²) in [7, 11) is 0. The topological polar surface area (TPSA) is 33.1 Å². The maximum absolute atomic E-state index is 6.25. The predicted octanol–water partition coefficient (Wildman–Crippen LogP) is 5.30. The Morgan fingerprint density at radius 1 is 1.14 bits per heavy atom. The maximum Gasteiger partial charge on any atom is 0.170 e. The van der Waals surface area contributed by atoms with Crippen molar-refractivity contribution in [3.05, 3.63) is 83.4 Å². The monoisotopic (exact) mass is 410 g/mol. The lowest BCUT2D eigenvalue weighted by Gasteiger charge is -2.29. The van der Waals surface area contributed by atoms with E-state index in [9.17, 15) is 0 Å². The molecule has 1 aliphatic heterocycles. The lowest BCUT2D eigenvalue weighted by molar-refractivity contribution is 0.304. The van der Waals surface area contributed by atoms with Crippen LogP contribution < -0.4 is 5.32 Å². The first-order valence-corrected chi connectivity index (χ1v) is 10.4. The Morgan fingerprint density at radius 3 is 2.79 bits per heavy atom. The number of halogens is 1. The van der Waals surface area contributed by atoms with Crippen LogP contribution in [0.4, 0.5) is 0 Å². The minimum atomic E-state index is -0.00149. The number of unbranched alkanes of at least 4 members (excludes halogenated alkanes) is 1. The molecule has 28 heavy (non-hydrogen) atoms. The summed E-state index contributed by atoms with van der Waals surface area (Å²) in [6.07, 6.45) is 6.12. The molecule has 1 aromatic carbocycles. The Hall–Kier alpha value is -2.37. The summed E-state index contributed by atoms with van der Waals surface area (Å²) in [5.41, 5.74) is 3.20. The fraction of sp³-hybridized carbons (Fsp3) is 0.273. The zero-order valence-corrected chi connectivity index (χ0v) is 17.3. The van der Waals surface area contributed by atoms with E-state index >= 15 is 0 Å². The van der Waals surface area contributed by atoms with Crippen LogP contribution in [-0.2, 0) is 0 Å². The quantitative estimate of drug-likeness (QED) is 0.559. The molecule has 0 spiro atoms. The van der Waals surface area contributed by atoms with Gasteiger partial charge in [0.05, 0.1) is 17.8 Å². The number of thiocarbonyl (C=S) groups is 1. The first-order chi connectivity index (χ1) is 13.7. The molecule has 3 heterocycles. The molecule has 0 amide bonds. The standard InChI is InChI=1S/C22H23ClN4S/c1-2-3-13-27-21(20(25-22(27)28)18-10-4-5-12-24-18)19-11-7-14-26(19)17-9-6-8-16(23)15-17/h4-12,14-15,20-21H,2-3,13H2,1H3,(H,25,28)/t20-,21-/m0/s1. The number of rotatable bonds is 6. The highest BCUT2D eigenvalue weighted by Gasteiger charge is 2.40. The summed E-state index contributed by atoms with van der Waals surface area (Å²) in [6.45, 7) is 3.11. The van der Waals surface area contributed by atoms with E-state index in [4.69, 9.17) is 23.8 Å². The molecule has 4 nitrogen and oxygen atoms in total. The average Bonchev–Trinajstić information content (AvgIpc) is 3.31. The van der Waals surface area contributed by atoms with Crippen molar-refractivity contribution in [3.8, 4) is 5.69 Å². The van der Waals surface area contributed by atoms with Gasteiger partial charge in [-0.3, -0.25) is 4.98 Å². The van der Waals surface area contributed by atoms with Crippen LogP contribution in [0.15, 0.2) is 67.0 Å². The van der Waals surface area contributed by atoms with Crippen molar-refractivity contribution in [2.24, 2.45) is 0 Å². The van der Waals surface area contributed by atoms with E-state index < -0.39 is 0 Å². The van der Waals surface area contributed by atoms with Gasteiger partial charge in [-0.1, -0.05) is 37.1 Å². The van der Waals surface area contributed by atoms with E-state index in [1.165, 1.54) is 5.69 Å². The van der Waals surface area contributed by atoms with Crippen LogP contribution in [0, 0.1) is 0 Å². The third-order valence-corrected chi connectivity index (χ3v) is 5.71. The number of aromatic nitrogens is 2. The maximum atomic E-state index is 6.25. The lowest BCUT2D eigenvalue weighted by atomic mass is 10.0. The van der Waals surface area contributed by atoms with E-state index in [0.29, 0.717) is 0 Å². The van der Waals surface area contributed by atoms with Gasteiger partial charge in [-0.2, -0.15) is 0 Å². The van der Waals surface area contributed by atoms with Gasteiger partial charge in [0.2, 0.25) is 0 Å². The minimum Gasteiger partial charge on any atom is -0.352 e. The molecular formula is C22H23ClN4S. The van der Waals surface area contributed by atoms with Crippen molar-refractivity contribution in [1.82, 2.24) is 19.8 Å². The normalized spacial score (nSPS) is 19.1. The van der Waals surface area contributed by atoms with Gasteiger partial charge in [0, 0.05) is 35.3 Å². The summed E-state index contributed by atoms with van der Waals surface area (Å²) in [5.74, 6) is 0. The number of benzene rings is 1. The minimum absolute atomic E-state index is 0.00149. The van der Waals surface area contributed by atoms with Crippen LogP contribution in [0.2, 0.25) is 5.02 Å². The van der Waals surface area contributed by atoms with Crippen LogP contribution >= 0.6 is 23.8 Å². The van der Waals surface area contributed by atoms with E-state index in [0.717, 1.165) is 40.9 Å². The highest BCUT2D eigenvalue weighted by Crippen LogP contribution is 2.39. The van der Waals surface area contributed by atoms with Crippen LogP contribution in [0.5, 0.6) is 0 Å². The number of pyridine rings is 1. The Morgan fingerprint density at radius 2 is 2.04 bits per heavy atom. The summed E-state index contributed by atoms with van der Waals surface area (Å²) in [4.78, 5) is 6.91. The zero-order chi connectivity index (χ0) is 19.5. The Labute approximate surface area is 176 Å². The first kappa shape index (κ1) is 19.0. The van der Waals surface area contributed by atoms with Crippen molar-refractivity contribution >= 4 is 28.9 Å². The number of nitrogens with zero attached hydrogens (tertiary/aromatic N) is 3. The molecule has 0 radical (unpaired) electrons. The smallest absolute Gasteiger partial charge is 0.170 e. The molecule has 3 aromatic rings. The average molecular weight is 411 g/mol. The number of hydrogen-bond acceptors (Lipinski definition) is 2. The summed E-state index contributed by atoms with van der Waals surface area (Å²) in [5, 5.41) is 5.02. The second-order valence-electron chi connectivity index (χ2n) is 6.96. The van der Waals surface area contributed by atoms with E-state index in [2.05, 4.69) is 57.2 Å². The Balaban J connectivity index is 1.79. The molecule has 0 bridgehead atoms. The van der Waals surface area contributed by atoms with Gasteiger partial charge in [-0.05, 0) is 61.1 Å². The third kappa shape index (κ3) is 3.64. The zero-order valence-electron chi connectivity index (χ0n) is 15.8. The Kier molecular flexibility index (Phi) is 5.64. The highest BCUT2D eigenvalue weighted by molar-refractivity contribution is 7.80. The molecule has 1 fully saturated rings. The van der Waals surface area contributed by atoms with Gasteiger partial charge < -0.3 is 14.8 Å². The summed E-state index contributed by atoms with van der Waals surface area (Å²) < 4.78 is 2.20. The molecule has 6 heteroatoms. The predicted molar refractivity (Wildman–Crippen MR) is 118 cm³/mol. The second kappa shape index (κ2) is 8.33. The number of nitrogens with one attached hydrogen (secondary N) is 1. The molecule has 1 N–H and O–H groups in total. The van der Waals surface area contributed by atoms with E-state index in [1.54, 1.807) is 0 Å². The fourth-order valence-electron chi connectivity index (χ4n) is 3.79. The SMILES string of the molecule is CCCCN1C(=S)N[C@@H](c2ccccn2)[C@@H]1c1cccn1-c1cccc(Cl)c1. The molecule has 0 unspecified atom stereocenters. The van der Waals surface area contributed by atoms with Crippen molar-refractivity contribution in [3.63, 3.8) is 0 Å². The van der Waals surface area contributed by atoms with Gasteiger partial charge >= 0.3 is 0 Å². The molecule has 2 aromatic heterocycles.